The van der Waals surface area contributed by atoms with Crippen LogP contribution in [0.2, 0.25) is 0 Å². The number of nitrogen functional groups attached to an aromatic ring is 1. The van der Waals surface area contributed by atoms with E-state index in [2.05, 4.69) is 0 Å². The normalized spacial score (nSPS) is 16.1. The molecule has 2 N–H and O–H groups in total. The second-order valence-corrected chi connectivity index (χ2v) is 5.58. The summed E-state index contributed by atoms with van der Waals surface area (Å²) in [6.45, 7) is 4.19. The van der Waals surface area contributed by atoms with Crippen molar-refractivity contribution >= 4 is 11.6 Å². The van der Waals surface area contributed by atoms with Gasteiger partial charge in [-0.25, -0.2) is 4.39 Å². The van der Waals surface area contributed by atoms with Gasteiger partial charge in [0.25, 0.3) is 5.91 Å². The van der Waals surface area contributed by atoms with Gasteiger partial charge in [0.1, 0.15) is 5.82 Å². The SMILES string of the molecule is CCN(C(=O)c1cc(N)cc(C)c1F)C1CCCCC1. The predicted octanol–water partition coefficient (Wildman–Crippen LogP) is 3.51. The summed E-state index contributed by atoms with van der Waals surface area (Å²) in [6, 6.07) is 3.25. The molecule has 0 aromatic heterocycles. The Morgan fingerprint density at radius 1 is 1.35 bits per heavy atom. The third kappa shape index (κ3) is 2.94. The molecule has 0 spiro atoms. The molecule has 4 heteroatoms. The Balaban J connectivity index is 2.28. The van der Waals surface area contributed by atoms with Crippen molar-refractivity contribution in [3.8, 4) is 0 Å². The first-order valence-electron chi connectivity index (χ1n) is 7.41. The Hall–Kier alpha value is -1.58. The summed E-state index contributed by atoms with van der Waals surface area (Å²) in [5.74, 6) is -0.675. The van der Waals surface area contributed by atoms with Gasteiger partial charge in [-0.05, 0) is 44.4 Å². The molecule has 1 fully saturated rings. The van der Waals surface area contributed by atoms with E-state index >= 15 is 0 Å². The molecule has 110 valence electrons. The van der Waals surface area contributed by atoms with Crippen LogP contribution in [-0.4, -0.2) is 23.4 Å². The molecule has 20 heavy (non-hydrogen) atoms. The summed E-state index contributed by atoms with van der Waals surface area (Å²) < 4.78 is 14.2. The molecule has 0 atom stereocenters. The first-order chi connectivity index (χ1) is 9.54. The van der Waals surface area contributed by atoms with Crippen LogP contribution in [0, 0.1) is 12.7 Å². The van der Waals surface area contributed by atoms with E-state index in [4.69, 9.17) is 5.73 Å². The number of amides is 1. The van der Waals surface area contributed by atoms with Crippen LogP contribution in [0.5, 0.6) is 0 Å². The summed E-state index contributed by atoms with van der Waals surface area (Å²) >= 11 is 0. The van der Waals surface area contributed by atoms with E-state index < -0.39 is 5.82 Å². The minimum atomic E-state index is -0.446. The lowest BCUT2D eigenvalue weighted by atomic mass is 9.93. The third-order valence-electron chi connectivity index (χ3n) is 4.12. The Kier molecular flexibility index (Phi) is 4.63. The van der Waals surface area contributed by atoms with E-state index in [1.54, 1.807) is 17.9 Å². The highest BCUT2D eigenvalue weighted by atomic mass is 19.1. The van der Waals surface area contributed by atoms with Gasteiger partial charge in [-0.15, -0.1) is 0 Å². The van der Waals surface area contributed by atoms with Gasteiger partial charge in [0, 0.05) is 18.3 Å². The van der Waals surface area contributed by atoms with Gasteiger partial charge in [0.15, 0.2) is 0 Å². The van der Waals surface area contributed by atoms with Crippen LogP contribution in [0.1, 0.15) is 54.9 Å². The van der Waals surface area contributed by atoms with Crippen molar-refractivity contribution in [1.82, 2.24) is 4.90 Å². The summed E-state index contributed by atoms with van der Waals surface area (Å²) in [5, 5.41) is 0. The second kappa shape index (κ2) is 6.25. The molecule has 0 saturated heterocycles. The average molecular weight is 278 g/mol. The molecule has 1 aromatic rings. The summed E-state index contributed by atoms with van der Waals surface area (Å²) in [5.41, 5.74) is 6.72. The number of benzene rings is 1. The molecule has 1 aliphatic rings. The maximum Gasteiger partial charge on any atom is 0.257 e. The number of aryl methyl sites for hydroxylation is 1. The highest BCUT2D eigenvalue weighted by Crippen LogP contribution is 2.26. The van der Waals surface area contributed by atoms with E-state index in [0.29, 0.717) is 17.8 Å². The number of hydrogen-bond acceptors (Lipinski definition) is 2. The van der Waals surface area contributed by atoms with Gasteiger partial charge in [-0.1, -0.05) is 19.3 Å². The van der Waals surface area contributed by atoms with Crippen LogP contribution in [0.3, 0.4) is 0 Å². The molecule has 0 aliphatic heterocycles. The lowest BCUT2D eigenvalue weighted by Crippen LogP contribution is -2.41. The zero-order chi connectivity index (χ0) is 14.7. The Morgan fingerprint density at radius 3 is 2.60 bits per heavy atom. The number of carbonyl (C=O) groups is 1. The van der Waals surface area contributed by atoms with E-state index in [-0.39, 0.29) is 17.5 Å². The first kappa shape index (κ1) is 14.8. The van der Waals surface area contributed by atoms with Crippen molar-refractivity contribution in [2.45, 2.75) is 52.0 Å². The quantitative estimate of drug-likeness (QED) is 0.860. The van der Waals surface area contributed by atoms with Crippen LogP contribution < -0.4 is 5.73 Å². The monoisotopic (exact) mass is 278 g/mol. The van der Waals surface area contributed by atoms with Crippen molar-refractivity contribution in [3.63, 3.8) is 0 Å². The van der Waals surface area contributed by atoms with Crippen LogP contribution in [0.15, 0.2) is 12.1 Å². The Morgan fingerprint density at radius 2 is 2.00 bits per heavy atom. The number of carbonyl (C=O) groups excluding carboxylic acids is 1. The van der Waals surface area contributed by atoms with Gasteiger partial charge < -0.3 is 10.6 Å². The molecule has 1 saturated carbocycles. The van der Waals surface area contributed by atoms with Crippen molar-refractivity contribution in [2.24, 2.45) is 0 Å². The summed E-state index contributed by atoms with van der Waals surface area (Å²) in [6.07, 6.45) is 5.55. The van der Waals surface area contributed by atoms with E-state index in [9.17, 15) is 9.18 Å². The van der Waals surface area contributed by atoms with Crippen LogP contribution in [0.25, 0.3) is 0 Å². The van der Waals surface area contributed by atoms with Gasteiger partial charge in [-0.3, -0.25) is 4.79 Å². The number of nitrogens with zero attached hydrogens (tertiary/aromatic N) is 1. The minimum Gasteiger partial charge on any atom is -0.399 e. The average Bonchev–Trinajstić information content (AvgIpc) is 2.44. The lowest BCUT2D eigenvalue weighted by molar-refractivity contribution is 0.0643. The van der Waals surface area contributed by atoms with Gasteiger partial charge >= 0.3 is 0 Å². The Bertz CT molecular complexity index is 495. The van der Waals surface area contributed by atoms with Gasteiger partial charge in [0.2, 0.25) is 0 Å². The molecule has 1 aliphatic carbocycles. The number of anilines is 1. The number of halogens is 1. The molecular weight excluding hydrogens is 255 g/mol. The van der Waals surface area contributed by atoms with Crippen LogP contribution in [0.4, 0.5) is 10.1 Å². The van der Waals surface area contributed by atoms with E-state index in [0.717, 1.165) is 25.7 Å². The Labute approximate surface area is 120 Å². The molecular formula is C16H23FN2O. The van der Waals surface area contributed by atoms with Gasteiger partial charge in [-0.2, -0.15) is 0 Å². The molecule has 1 aromatic carbocycles. The topological polar surface area (TPSA) is 46.3 Å². The zero-order valence-corrected chi connectivity index (χ0v) is 12.3. The fourth-order valence-corrected chi connectivity index (χ4v) is 3.07. The van der Waals surface area contributed by atoms with Crippen LogP contribution >= 0.6 is 0 Å². The molecule has 3 nitrogen and oxygen atoms in total. The highest BCUT2D eigenvalue weighted by molar-refractivity contribution is 5.95. The smallest absolute Gasteiger partial charge is 0.257 e. The maximum atomic E-state index is 14.2. The number of rotatable bonds is 3. The maximum absolute atomic E-state index is 14.2. The number of nitrogens with two attached hydrogens (primary N) is 1. The standard InChI is InChI=1S/C16H23FN2O/c1-3-19(13-7-5-4-6-8-13)16(20)14-10-12(18)9-11(2)15(14)17/h9-10,13H,3-8,18H2,1-2H3. The van der Waals surface area contributed by atoms with Crippen molar-refractivity contribution in [3.05, 3.63) is 29.1 Å². The zero-order valence-electron chi connectivity index (χ0n) is 12.3. The molecule has 0 radical (unpaired) electrons. The summed E-state index contributed by atoms with van der Waals surface area (Å²) in [4.78, 5) is 14.4. The fourth-order valence-electron chi connectivity index (χ4n) is 3.07. The first-order valence-corrected chi connectivity index (χ1v) is 7.41. The molecule has 1 amide bonds. The molecule has 0 unspecified atom stereocenters. The van der Waals surface area contributed by atoms with Crippen molar-refractivity contribution < 1.29 is 9.18 Å². The lowest BCUT2D eigenvalue weighted by Gasteiger charge is -2.33. The summed E-state index contributed by atoms with van der Waals surface area (Å²) in [7, 11) is 0. The van der Waals surface area contributed by atoms with Gasteiger partial charge in [0.05, 0.1) is 5.56 Å². The fraction of sp³-hybridized carbons (Fsp3) is 0.562. The predicted molar refractivity (Wildman–Crippen MR) is 79.1 cm³/mol. The molecule has 0 bridgehead atoms. The van der Waals surface area contributed by atoms with E-state index in [1.807, 2.05) is 6.92 Å². The highest BCUT2D eigenvalue weighted by Gasteiger charge is 2.27. The van der Waals surface area contributed by atoms with Crippen LogP contribution in [-0.2, 0) is 0 Å². The molecule has 0 heterocycles. The molecule has 2 rings (SSSR count). The number of hydrogen-bond donors (Lipinski definition) is 1. The largest absolute Gasteiger partial charge is 0.399 e. The third-order valence-corrected chi connectivity index (χ3v) is 4.12. The van der Waals surface area contributed by atoms with E-state index in [1.165, 1.54) is 12.5 Å². The van der Waals surface area contributed by atoms with Crippen molar-refractivity contribution in [2.75, 3.05) is 12.3 Å². The van der Waals surface area contributed by atoms with Crippen molar-refractivity contribution in [1.29, 1.82) is 0 Å². The minimum absolute atomic E-state index is 0.106. The second-order valence-electron chi connectivity index (χ2n) is 5.58.